The highest BCUT2D eigenvalue weighted by molar-refractivity contribution is 5.68. The number of hydrogen-bond donors (Lipinski definition) is 1. The van der Waals surface area contributed by atoms with Gasteiger partial charge in [0, 0.05) is 5.56 Å². The Bertz CT molecular complexity index is 522. The van der Waals surface area contributed by atoms with Gasteiger partial charge < -0.3 is 5.11 Å². The van der Waals surface area contributed by atoms with Crippen molar-refractivity contribution in [1.82, 2.24) is 0 Å². The van der Waals surface area contributed by atoms with Crippen molar-refractivity contribution in [3.8, 4) is 24.0 Å². The summed E-state index contributed by atoms with van der Waals surface area (Å²) in [4.78, 5) is 0. The van der Waals surface area contributed by atoms with E-state index < -0.39 is 0 Å². The Balaban J connectivity index is 3.32. The third-order valence-corrected chi connectivity index (χ3v) is 1.73. The fourth-order valence-electron chi connectivity index (χ4n) is 1.01. The Morgan fingerprint density at radius 1 is 1.20 bits per heavy atom. The van der Waals surface area contributed by atoms with E-state index >= 15 is 0 Å². The van der Waals surface area contributed by atoms with E-state index in [2.05, 4.69) is 0 Å². The summed E-state index contributed by atoms with van der Waals surface area (Å²) in [6.07, 6.45) is 1.23. The molecule has 0 spiro atoms. The van der Waals surface area contributed by atoms with E-state index in [0.29, 0.717) is 0 Å². The van der Waals surface area contributed by atoms with Gasteiger partial charge in [0.25, 0.3) is 0 Å². The van der Waals surface area contributed by atoms with Crippen molar-refractivity contribution in [3.05, 3.63) is 34.9 Å². The first kappa shape index (κ1) is 10.3. The maximum absolute atomic E-state index is 9.54. The lowest BCUT2D eigenvalue weighted by Crippen LogP contribution is -1.82. The molecule has 70 valence electrons. The molecule has 15 heavy (non-hydrogen) atoms. The van der Waals surface area contributed by atoms with Crippen LogP contribution in [0.25, 0.3) is 6.08 Å². The van der Waals surface area contributed by atoms with Crippen molar-refractivity contribution in [2.75, 3.05) is 0 Å². The number of phenolic OH excluding ortho intramolecular Hbond substituents is 1. The number of phenols is 1. The number of rotatable bonds is 1. The number of hydrogen-bond acceptors (Lipinski definition) is 4. The second kappa shape index (κ2) is 4.46. The molecular weight excluding hydrogens is 190 g/mol. The summed E-state index contributed by atoms with van der Waals surface area (Å²) in [6.45, 7) is 0. The van der Waals surface area contributed by atoms with E-state index in [0.717, 1.165) is 0 Å². The normalized spacial score (nSPS) is 8.07. The smallest absolute Gasteiger partial charge is 0.140 e. The van der Waals surface area contributed by atoms with E-state index in [1.165, 1.54) is 18.2 Å². The Labute approximate surface area is 86.5 Å². The number of nitrogens with zero attached hydrogens (tertiary/aromatic N) is 3. The standard InChI is InChI=1S/C11H5N3O/c12-5-8(6-13)4-9-2-1-3-10(7-14)11(9)15/h1-4,15H. The maximum atomic E-state index is 9.54. The van der Waals surface area contributed by atoms with Gasteiger partial charge in [-0.2, -0.15) is 15.8 Å². The van der Waals surface area contributed by atoms with Crippen molar-refractivity contribution in [1.29, 1.82) is 15.8 Å². The maximum Gasteiger partial charge on any atom is 0.140 e. The highest BCUT2D eigenvalue weighted by Crippen LogP contribution is 2.23. The van der Waals surface area contributed by atoms with Crippen LogP contribution in [-0.4, -0.2) is 5.11 Å². The van der Waals surface area contributed by atoms with Gasteiger partial charge in [-0.3, -0.25) is 0 Å². The van der Waals surface area contributed by atoms with Crippen molar-refractivity contribution in [3.63, 3.8) is 0 Å². The van der Waals surface area contributed by atoms with E-state index in [1.807, 2.05) is 0 Å². The lowest BCUT2D eigenvalue weighted by Gasteiger charge is -1.99. The second-order valence-electron chi connectivity index (χ2n) is 2.64. The number of aromatic hydroxyl groups is 1. The summed E-state index contributed by atoms with van der Waals surface area (Å²) < 4.78 is 0. The van der Waals surface area contributed by atoms with Crippen LogP contribution < -0.4 is 0 Å². The molecule has 0 aliphatic carbocycles. The van der Waals surface area contributed by atoms with Crippen LogP contribution in [0.4, 0.5) is 0 Å². The Hall–Kier alpha value is -2.77. The molecule has 0 amide bonds. The lowest BCUT2D eigenvalue weighted by molar-refractivity contribution is 0.472. The first-order valence-corrected chi connectivity index (χ1v) is 3.97. The molecule has 0 saturated carbocycles. The van der Waals surface area contributed by atoms with Crippen molar-refractivity contribution in [2.24, 2.45) is 0 Å². The van der Waals surface area contributed by atoms with Crippen LogP contribution in [0, 0.1) is 34.0 Å². The molecular formula is C11H5N3O. The van der Waals surface area contributed by atoms with Crippen molar-refractivity contribution >= 4 is 6.08 Å². The molecule has 0 bridgehead atoms. The van der Waals surface area contributed by atoms with Gasteiger partial charge in [0.2, 0.25) is 0 Å². The average molecular weight is 195 g/mol. The monoisotopic (exact) mass is 195 g/mol. The minimum absolute atomic E-state index is 0.110. The van der Waals surface area contributed by atoms with Crippen LogP contribution >= 0.6 is 0 Å². The molecule has 0 heterocycles. The highest BCUT2D eigenvalue weighted by Gasteiger charge is 2.05. The average Bonchev–Trinajstić information content (AvgIpc) is 2.28. The number of allylic oxidation sites excluding steroid dienone is 1. The van der Waals surface area contributed by atoms with Crippen LogP contribution in [0.2, 0.25) is 0 Å². The van der Waals surface area contributed by atoms with Gasteiger partial charge in [-0.1, -0.05) is 12.1 Å². The molecule has 1 N–H and O–H groups in total. The lowest BCUT2D eigenvalue weighted by atomic mass is 10.1. The van der Waals surface area contributed by atoms with Gasteiger partial charge in [0.05, 0.1) is 5.56 Å². The summed E-state index contributed by atoms with van der Waals surface area (Å²) >= 11 is 0. The SMILES string of the molecule is N#CC(C#N)=Cc1cccc(C#N)c1O. The van der Waals surface area contributed by atoms with Gasteiger partial charge >= 0.3 is 0 Å². The molecule has 0 fully saturated rings. The predicted molar refractivity (Wildman–Crippen MR) is 52.0 cm³/mol. The predicted octanol–water partition coefficient (Wildman–Crippen LogP) is 1.69. The minimum atomic E-state index is -0.219. The van der Waals surface area contributed by atoms with Crippen LogP contribution in [0.1, 0.15) is 11.1 Å². The summed E-state index contributed by atoms with van der Waals surface area (Å²) in [5, 5.41) is 35.2. The Morgan fingerprint density at radius 3 is 2.40 bits per heavy atom. The number of para-hydroxylation sites is 1. The molecule has 0 aliphatic heterocycles. The zero-order valence-electron chi connectivity index (χ0n) is 7.60. The summed E-state index contributed by atoms with van der Waals surface area (Å²) in [6, 6.07) is 9.68. The summed E-state index contributed by atoms with van der Waals surface area (Å²) in [5.41, 5.74) is 0.270. The van der Waals surface area contributed by atoms with Crippen LogP contribution in [0.3, 0.4) is 0 Å². The quantitative estimate of drug-likeness (QED) is 0.690. The van der Waals surface area contributed by atoms with Gasteiger partial charge in [0.1, 0.15) is 29.5 Å². The third-order valence-electron chi connectivity index (χ3n) is 1.73. The Kier molecular flexibility index (Phi) is 3.07. The van der Waals surface area contributed by atoms with E-state index in [1.54, 1.807) is 24.3 Å². The first-order chi connectivity index (χ1) is 7.22. The van der Waals surface area contributed by atoms with Gasteiger partial charge in [-0.05, 0) is 12.1 Å². The molecule has 4 nitrogen and oxygen atoms in total. The fourth-order valence-corrected chi connectivity index (χ4v) is 1.01. The third kappa shape index (κ3) is 2.12. The zero-order valence-corrected chi connectivity index (χ0v) is 7.60. The molecule has 0 aliphatic rings. The highest BCUT2D eigenvalue weighted by atomic mass is 16.3. The largest absolute Gasteiger partial charge is 0.506 e. The summed E-state index contributed by atoms with van der Waals surface area (Å²) in [7, 11) is 0. The van der Waals surface area contributed by atoms with Crippen molar-refractivity contribution < 1.29 is 5.11 Å². The van der Waals surface area contributed by atoms with Crippen LogP contribution in [0.5, 0.6) is 5.75 Å². The van der Waals surface area contributed by atoms with Gasteiger partial charge in [-0.15, -0.1) is 0 Å². The van der Waals surface area contributed by atoms with Crippen LogP contribution in [-0.2, 0) is 0 Å². The Morgan fingerprint density at radius 2 is 1.87 bits per heavy atom. The molecule has 0 unspecified atom stereocenters. The first-order valence-electron chi connectivity index (χ1n) is 3.97. The second-order valence-corrected chi connectivity index (χ2v) is 2.64. The van der Waals surface area contributed by atoms with E-state index in [9.17, 15) is 5.11 Å². The minimum Gasteiger partial charge on any atom is -0.506 e. The molecule has 1 aromatic rings. The molecule has 1 rings (SSSR count). The zero-order chi connectivity index (χ0) is 11.3. The fraction of sp³-hybridized carbons (Fsp3) is 0. The van der Waals surface area contributed by atoms with Gasteiger partial charge in [-0.25, -0.2) is 0 Å². The molecule has 4 heteroatoms. The topological polar surface area (TPSA) is 91.6 Å². The summed E-state index contributed by atoms with van der Waals surface area (Å²) in [5.74, 6) is -0.219. The van der Waals surface area contributed by atoms with E-state index in [-0.39, 0.29) is 22.4 Å². The molecule has 0 aromatic heterocycles. The molecule has 1 aromatic carbocycles. The van der Waals surface area contributed by atoms with E-state index in [4.69, 9.17) is 15.8 Å². The van der Waals surface area contributed by atoms with Crippen molar-refractivity contribution in [2.45, 2.75) is 0 Å². The molecule has 0 saturated heterocycles. The number of benzene rings is 1. The van der Waals surface area contributed by atoms with Crippen LogP contribution in [0.15, 0.2) is 23.8 Å². The molecule has 0 radical (unpaired) electrons. The molecule has 0 atom stereocenters. The number of nitriles is 3. The van der Waals surface area contributed by atoms with Gasteiger partial charge in [0.15, 0.2) is 0 Å².